The van der Waals surface area contributed by atoms with Crippen LogP contribution in [0.3, 0.4) is 0 Å². The van der Waals surface area contributed by atoms with E-state index < -0.39 is 0 Å². The molecule has 0 aliphatic carbocycles. The van der Waals surface area contributed by atoms with Crippen molar-refractivity contribution in [1.29, 1.82) is 0 Å². The van der Waals surface area contributed by atoms with Crippen molar-refractivity contribution in [3.8, 4) is 5.69 Å². The predicted octanol–water partition coefficient (Wildman–Crippen LogP) is 7.30. The van der Waals surface area contributed by atoms with Gasteiger partial charge in [0.25, 0.3) is 0 Å². The van der Waals surface area contributed by atoms with E-state index in [4.69, 9.17) is 11.6 Å². The highest BCUT2D eigenvalue weighted by Gasteiger charge is 2.33. The molecule has 0 saturated carbocycles. The standard InChI is InChI=1S/C27H24ClN3OS/c1-18-22(28)8-5-9-23(18)29-27(32)31-17-20-7-3-4-10-24(20)30-16-6-11-25(30)26(31)19-12-14-21(33-2)15-13-19/h3-16,26H,17H2,1-2H3,(H,29,32)/t26-/m0/s1. The van der Waals surface area contributed by atoms with E-state index in [0.717, 1.165) is 33.8 Å². The Hall–Kier alpha value is -3.15. The number of carbonyl (C=O) groups excluding carboxylic acids is 1. The number of amides is 2. The summed E-state index contributed by atoms with van der Waals surface area (Å²) in [5.74, 6) is 0. The van der Waals surface area contributed by atoms with Gasteiger partial charge in [0, 0.05) is 27.5 Å². The summed E-state index contributed by atoms with van der Waals surface area (Å²) in [6, 6.07) is 26.0. The Balaban J connectivity index is 1.63. The maximum Gasteiger partial charge on any atom is 0.322 e. The monoisotopic (exact) mass is 473 g/mol. The van der Waals surface area contributed by atoms with Gasteiger partial charge in [0.15, 0.2) is 0 Å². The number of hydrogen-bond donors (Lipinski definition) is 1. The van der Waals surface area contributed by atoms with E-state index in [2.05, 4.69) is 64.8 Å². The first-order chi connectivity index (χ1) is 16.1. The molecule has 6 heteroatoms. The zero-order valence-corrected chi connectivity index (χ0v) is 20.0. The lowest BCUT2D eigenvalue weighted by Crippen LogP contribution is -2.38. The molecule has 1 aliphatic heterocycles. The molecule has 4 nitrogen and oxygen atoms in total. The van der Waals surface area contributed by atoms with Gasteiger partial charge in [-0.05, 0) is 72.3 Å². The molecule has 1 aromatic heterocycles. The molecular weight excluding hydrogens is 450 g/mol. The third-order valence-electron chi connectivity index (χ3n) is 6.17. The number of thioether (sulfide) groups is 1. The molecule has 0 fully saturated rings. The fraction of sp³-hybridized carbons (Fsp3) is 0.148. The Morgan fingerprint density at radius 2 is 1.79 bits per heavy atom. The summed E-state index contributed by atoms with van der Waals surface area (Å²) in [5, 5.41) is 3.75. The smallest absolute Gasteiger partial charge is 0.318 e. The zero-order valence-electron chi connectivity index (χ0n) is 18.5. The van der Waals surface area contributed by atoms with Gasteiger partial charge in [-0.25, -0.2) is 4.79 Å². The van der Waals surface area contributed by atoms with E-state index in [9.17, 15) is 4.79 Å². The van der Waals surface area contributed by atoms with E-state index in [-0.39, 0.29) is 12.1 Å². The molecular formula is C27H24ClN3OS. The average molecular weight is 474 g/mol. The Bertz CT molecular complexity index is 1320. The molecule has 0 bridgehead atoms. The molecule has 166 valence electrons. The Morgan fingerprint density at radius 3 is 2.58 bits per heavy atom. The topological polar surface area (TPSA) is 37.3 Å². The molecule has 4 aromatic rings. The van der Waals surface area contributed by atoms with Crippen molar-refractivity contribution in [3.05, 3.63) is 112 Å². The average Bonchev–Trinajstić information content (AvgIpc) is 3.26. The number of urea groups is 1. The van der Waals surface area contributed by atoms with Crippen molar-refractivity contribution < 1.29 is 4.79 Å². The van der Waals surface area contributed by atoms with Crippen LogP contribution in [0.4, 0.5) is 10.5 Å². The summed E-state index contributed by atoms with van der Waals surface area (Å²) in [6.45, 7) is 2.40. The van der Waals surface area contributed by atoms with Gasteiger partial charge in [0.1, 0.15) is 0 Å². The van der Waals surface area contributed by atoms with Crippen LogP contribution in [0.15, 0.2) is 90.0 Å². The number of para-hydroxylation sites is 1. The lowest BCUT2D eigenvalue weighted by molar-refractivity contribution is 0.194. The molecule has 2 heterocycles. The largest absolute Gasteiger partial charge is 0.322 e. The van der Waals surface area contributed by atoms with Gasteiger partial charge in [-0.2, -0.15) is 0 Å². The minimum absolute atomic E-state index is 0.163. The Labute approximate surface area is 203 Å². The highest BCUT2D eigenvalue weighted by molar-refractivity contribution is 7.98. The van der Waals surface area contributed by atoms with Crippen molar-refractivity contribution in [3.63, 3.8) is 0 Å². The van der Waals surface area contributed by atoms with Crippen LogP contribution < -0.4 is 5.32 Å². The number of nitrogens with one attached hydrogen (secondary N) is 1. The number of hydrogen-bond acceptors (Lipinski definition) is 2. The second-order valence-electron chi connectivity index (χ2n) is 8.08. The fourth-order valence-corrected chi connectivity index (χ4v) is 4.99. The van der Waals surface area contributed by atoms with Gasteiger partial charge >= 0.3 is 6.03 Å². The van der Waals surface area contributed by atoms with Crippen LogP contribution in [0, 0.1) is 6.92 Å². The molecule has 0 saturated heterocycles. The number of aromatic nitrogens is 1. The lowest BCUT2D eigenvalue weighted by atomic mass is 10.0. The second kappa shape index (κ2) is 9.00. The van der Waals surface area contributed by atoms with Crippen LogP contribution >= 0.6 is 23.4 Å². The maximum absolute atomic E-state index is 13.8. The molecule has 2 amide bonds. The van der Waals surface area contributed by atoms with Gasteiger partial charge in [0.2, 0.25) is 0 Å². The van der Waals surface area contributed by atoms with Gasteiger partial charge in [-0.3, -0.25) is 0 Å². The van der Waals surface area contributed by atoms with E-state index in [1.54, 1.807) is 11.8 Å². The molecule has 1 aliphatic rings. The zero-order chi connectivity index (χ0) is 22.9. The second-order valence-corrected chi connectivity index (χ2v) is 9.36. The number of benzene rings is 3. The van der Waals surface area contributed by atoms with Crippen molar-refractivity contribution in [2.45, 2.75) is 24.4 Å². The summed E-state index contributed by atoms with van der Waals surface area (Å²) in [5.41, 5.74) is 5.88. The molecule has 1 N–H and O–H groups in total. The SMILES string of the molecule is CSc1ccc([C@H]2c3cccn3-c3ccccc3CN2C(=O)Nc2cccc(Cl)c2C)cc1. The van der Waals surface area contributed by atoms with E-state index in [1.165, 1.54) is 4.90 Å². The third kappa shape index (κ3) is 4.03. The number of carbonyl (C=O) groups is 1. The van der Waals surface area contributed by atoms with Crippen LogP contribution in [0.2, 0.25) is 5.02 Å². The van der Waals surface area contributed by atoms with Gasteiger partial charge in [0.05, 0.1) is 18.3 Å². The third-order valence-corrected chi connectivity index (χ3v) is 7.32. The number of anilines is 1. The number of nitrogens with zero attached hydrogens (tertiary/aromatic N) is 2. The number of halogens is 1. The van der Waals surface area contributed by atoms with Gasteiger partial charge in [-0.1, -0.05) is 48.0 Å². The van der Waals surface area contributed by atoms with E-state index >= 15 is 0 Å². The van der Waals surface area contributed by atoms with Crippen LogP contribution in [0.5, 0.6) is 0 Å². The summed E-state index contributed by atoms with van der Waals surface area (Å²) >= 11 is 8.02. The van der Waals surface area contributed by atoms with Crippen molar-refractivity contribution in [2.24, 2.45) is 0 Å². The lowest BCUT2D eigenvalue weighted by Gasteiger charge is -2.31. The Morgan fingerprint density at radius 1 is 1.00 bits per heavy atom. The number of fused-ring (bicyclic) bond motifs is 3. The maximum atomic E-state index is 13.8. The van der Waals surface area contributed by atoms with Gasteiger partial charge < -0.3 is 14.8 Å². The van der Waals surface area contributed by atoms with E-state index in [1.807, 2.05) is 48.2 Å². The first-order valence-electron chi connectivity index (χ1n) is 10.8. The molecule has 5 rings (SSSR count). The normalized spacial score (nSPS) is 14.9. The summed E-state index contributed by atoms with van der Waals surface area (Å²) in [6.07, 6.45) is 4.13. The molecule has 33 heavy (non-hydrogen) atoms. The fourth-order valence-electron chi connectivity index (χ4n) is 4.41. The van der Waals surface area contributed by atoms with Crippen LogP contribution in [0.25, 0.3) is 5.69 Å². The number of rotatable bonds is 3. The van der Waals surface area contributed by atoms with Crippen molar-refractivity contribution in [2.75, 3.05) is 11.6 Å². The van der Waals surface area contributed by atoms with E-state index in [0.29, 0.717) is 11.6 Å². The van der Waals surface area contributed by atoms with Gasteiger partial charge in [-0.15, -0.1) is 11.8 Å². The van der Waals surface area contributed by atoms with Crippen molar-refractivity contribution in [1.82, 2.24) is 9.47 Å². The summed E-state index contributed by atoms with van der Waals surface area (Å²) in [4.78, 5) is 16.9. The minimum Gasteiger partial charge on any atom is -0.318 e. The minimum atomic E-state index is -0.247. The molecule has 0 unspecified atom stereocenters. The van der Waals surface area contributed by atoms with Crippen LogP contribution in [-0.4, -0.2) is 21.8 Å². The molecule has 0 radical (unpaired) electrons. The van der Waals surface area contributed by atoms with Crippen molar-refractivity contribution >= 4 is 35.1 Å². The summed E-state index contributed by atoms with van der Waals surface area (Å²) in [7, 11) is 0. The first kappa shape index (κ1) is 21.7. The molecule has 0 spiro atoms. The Kier molecular flexibility index (Phi) is 5.92. The molecule has 3 aromatic carbocycles. The van der Waals surface area contributed by atoms with Crippen LogP contribution in [0.1, 0.15) is 28.4 Å². The summed E-state index contributed by atoms with van der Waals surface area (Å²) < 4.78 is 2.19. The molecule has 1 atom stereocenters. The first-order valence-corrected chi connectivity index (χ1v) is 12.4. The predicted molar refractivity (Wildman–Crippen MR) is 137 cm³/mol. The van der Waals surface area contributed by atoms with Crippen LogP contribution in [-0.2, 0) is 6.54 Å². The highest BCUT2D eigenvalue weighted by atomic mass is 35.5. The highest BCUT2D eigenvalue weighted by Crippen LogP contribution is 2.37. The quantitative estimate of drug-likeness (QED) is 0.317.